The van der Waals surface area contributed by atoms with Crippen LogP contribution in [0.5, 0.6) is 0 Å². The van der Waals surface area contributed by atoms with E-state index >= 15 is 0 Å². The van der Waals surface area contributed by atoms with Crippen molar-refractivity contribution in [3.63, 3.8) is 0 Å². The van der Waals surface area contributed by atoms with Gasteiger partial charge in [-0.1, -0.05) is 31.4 Å². The van der Waals surface area contributed by atoms with Gasteiger partial charge < -0.3 is 15.3 Å². The SMILES string of the molecule is N#CCCCC(O)C=CC1CCC(O)C1CCCCCCC(=O)O. The van der Waals surface area contributed by atoms with E-state index in [1.807, 2.05) is 12.2 Å². The molecule has 0 aromatic heterocycles. The van der Waals surface area contributed by atoms with E-state index in [-0.39, 0.29) is 18.4 Å². The number of carboxylic acids is 1. The minimum atomic E-state index is -0.736. The van der Waals surface area contributed by atoms with Gasteiger partial charge in [-0.05, 0) is 50.4 Å². The van der Waals surface area contributed by atoms with Crippen molar-refractivity contribution in [2.75, 3.05) is 0 Å². The lowest BCUT2D eigenvalue weighted by molar-refractivity contribution is -0.137. The molecule has 24 heavy (non-hydrogen) atoms. The van der Waals surface area contributed by atoms with Crippen molar-refractivity contribution in [1.29, 1.82) is 5.26 Å². The molecule has 0 amide bonds. The summed E-state index contributed by atoms with van der Waals surface area (Å²) in [6.45, 7) is 0. The number of nitrogens with zero attached hydrogens (tertiary/aromatic N) is 1. The quantitative estimate of drug-likeness (QED) is 0.374. The van der Waals surface area contributed by atoms with Gasteiger partial charge in [-0.15, -0.1) is 0 Å². The Morgan fingerprint density at radius 3 is 2.67 bits per heavy atom. The number of hydrogen-bond donors (Lipinski definition) is 3. The van der Waals surface area contributed by atoms with Crippen LogP contribution in [-0.2, 0) is 4.79 Å². The van der Waals surface area contributed by atoms with Gasteiger partial charge in [0.25, 0.3) is 0 Å². The highest BCUT2D eigenvalue weighted by Crippen LogP contribution is 2.36. The Morgan fingerprint density at radius 2 is 1.96 bits per heavy atom. The number of rotatable bonds is 12. The van der Waals surface area contributed by atoms with Gasteiger partial charge in [0, 0.05) is 12.8 Å². The second kappa shape index (κ2) is 12.0. The van der Waals surface area contributed by atoms with Gasteiger partial charge in [-0.3, -0.25) is 4.79 Å². The zero-order chi connectivity index (χ0) is 17.8. The molecule has 0 radical (unpaired) electrons. The summed E-state index contributed by atoms with van der Waals surface area (Å²) in [6, 6.07) is 2.08. The smallest absolute Gasteiger partial charge is 0.303 e. The number of carboxylic acid groups (broad SMARTS) is 1. The molecule has 3 N–H and O–H groups in total. The molecule has 0 bridgehead atoms. The Bertz CT molecular complexity index is 430. The third-order valence-corrected chi connectivity index (χ3v) is 4.89. The molecule has 5 nitrogen and oxygen atoms in total. The third kappa shape index (κ3) is 8.47. The van der Waals surface area contributed by atoms with Gasteiger partial charge in [-0.2, -0.15) is 5.26 Å². The molecule has 1 aliphatic rings. The molecule has 0 aliphatic heterocycles. The van der Waals surface area contributed by atoms with Crippen LogP contribution >= 0.6 is 0 Å². The Morgan fingerprint density at radius 1 is 1.21 bits per heavy atom. The molecule has 1 fully saturated rings. The number of hydrogen-bond acceptors (Lipinski definition) is 4. The second-order valence-electron chi connectivity index (χ2n) is 6.82. The average molecular weight is 337 g/mol. The zero-order valence-electron chi connectivity index (χ0n) is 14.4. The molecule has 136 valence electrons. The van der Waals surface area contributed by atoms with E-state index in [1.54, 1.807) is 0 Å². The molecule has 1 saturated carbocycles. The summed E-state index contributed by atoms with van der Waals surface area (Å²) in [6.07, 6.45) is 11.5. The monoisotopic (exact) mass is 337 g/mol. The number of allylic oxidation sites excluding steroid dienone is 1. The average Bonchev–Trinajstić information content (AvgIpc) is 2.89. The van der Waals surface area contributed by atoms with E-state index < -0.39 is 12.1 Å². The van der Waals surface area contributed by atoms with Crippen LogP contribution < -0.4 is 0 Å². The molecule has 0 aromatic rings. The molecule has 4 atom stereocenters. The minimum Gasteiger partial charge on any atom is -0.481 e. The van der Waals surface area contributed by atoms with Crippen molar-refractivity contribution in [2.24, 2.45) is 11.8 Å². The molecular formula is C19H31NO4. The molecule has 0 aromatic carbocycles. The van der Waals surface area contributed by atoms with Crippen LogP contribution in [-0.4, -0.2) is 33.5 Å². The van der Waals surface area contributed by atoms with Crippen molar-refractivity contribution >= 4 is 5.97 Å². The number of nitriles is 1. The Hall–Kier alpha value is -1.38. The zero-order valence-corrected chi connectivity index (χ0v) is 14.4. The maximum atomic E-state index is 10.5. The number of aliphatic hydroxyl groups excluding tert-OH is 2. The van der Waals surface area contributed by atoms with Crippen LogP contribution in [0.4, 0.5) is 0 Å². The summed E-state index contributed by atoms with van der Waals surface area (Å²) in [4.78, 5) is 10.5. The van der Waals surface area contributed by atoms with Crippen molar-refractivity contribution < 1.29 is 20.1 Å². The van der Waals surface area contributed by atoms with Gasteiger partial charge in [0.2, 0.25) is 0 Å². The first-order valence-electron chi connectivity index (χ1n) is 9.17. The minimum absolute atomic E-state index is 0.237. The first-order valence-corrected chi connectivity index (χ1v) is 9.17. The molecule has 1 aliphatic carbocycles. The topological polar surface area (TPSA) is 102 Å². The first kappa shape index (κ1) is 20.7. The summed E-state index contributed by atoms with van der Waals surface area (Å²) in [7, 11) is 0. The van der Waals surface area contributed by atoms with Crippen LogP contribution in [0, 0.1) is 23.2 Å². The lowest BCUT2D eigenvalue weighted by Crippen LogP contribution is -2.18. The molecular weight excluding hydrogens is 306 g/mol. The van der Waals surface area contributed by atoms with Gasteiger partial charge in [-0.25, -0.2) is 0 Å². The van der Waals surface area contributed by atoms with E-state index in [0.717, 1.165) is 44.9 Å². The summed E-state index contributed by atoms with van der Waals surface area (Å²) in [5.41, 5.74) is 0. The Labute approximate surface area is 145 Å². The standard InChI is InChI=1S/C19H31NO4/c20-14-6-5-7-16(21)12-10-15-11-13-18(22)17(15)8-3-1-2-4-9-19(23)24/h10,12,15-18,21-22H,1-9,11,13H2,(H,23,24). The Kier molecular flexibility index (Phi) is 10.4. The fourth-order valence-electron chi connectivity index (χ4n) is 3.49. The largest absolute Gasteiger partial charge is 0.481 e. The summed E-state index contributed by atoms with van der Waals surface area (Å²) in [5, 5.41) is 37.2. The molecule has 0 spiro atoms. The normalized spacial score (nSPS) is 25.0. The maximum Gasteiger partial charge on any atom is 0.303 e. The van der Waals surface area contributed by atoms with Crippen molar-refractivity contribution in [1.82, 2.24) is 0 Å². The molecule has 0 heterocycles. The van der Waals surface area contributed by atoms with Crippen molar-refractivity contribution in [3.05, 3.63) is 12.2 Å². The predicted molar refractivity (Wildman–Crippen MR) is 92.2 cm³/mol. The van der Waals surface area contributed by atoms with Crippen LogP contribution in [0.3, 0.4) is 0 Å². The molecule has 0 saturated heterocycles. The van der Waals surface area contributed by atoms with E-state index in [1.165, 1.54) is 0 Å². The van der Waals surface area contributed by atoms with E-state index in [2.05, 4.69) is 6.07 Å². The second-order valence-corrected chi connectivity index (χ2v) is 6.82. The number of aliphatic carboxylic acids is 1. The Balaban J connectivity index is 2.28. The number of carbonyl (C=O) groups is 1. The lowest BCUT2D eigenvalue weighted by Gasteiger charge is -2.20. The molecule has 5 heteroatoms. The highest BCUT2D eigenvalue weighted by molar-refractivity contribution is 5.66. The first-order chi connectivity index (χ1) is 11.5. The van der Waals surface area contributed by atoms with Crippen molar-refractivity contribution in [2.45, 2.75) is 82.8 Å². The van der Waals surface area contributed by atoms with E-state index in [4.69, 9.17) is 10.4 Å². The van der Waals surface area contributed by atoms with Crippen LogP contribution in [0.15, 0.2) is 12.2 Å². The maximum absolute atomic E-state index is 10.5. The van der Waals surface area contributed by atoms with Gasteiger partial charge in [0.05, 0.1) is 18.3 Å². The summed E-state index contributed by atoms with van der Waals surface area (Å²) < 4.78 is 0. The van der Waals surface area contributed by atoms with Gasteiger partial charge in [0.1, 0.15) is 0 Å². The van der Waals surface area contributed by atoms with E-state index in [9.17, 15) is 15.0 Å². The highest BCUT2D eigenvalue weighted by atomic mass is 16.4. The molecule has 4 unspecified atom stereocenters. The number of unbranched alkanes of at least 4 members (excludes halogenated alkanes) is 4. The summed E-state index contributed by atoms with van der Waals surface area (Å²) >= 11 is 0. The van der Waals surface area contributed by atoms with E-state index in [0.29, 0.717) is 25.2 Å². The third-order valence-electron chi connectivity index (χ3n) is 4.89. The van der Waals surface area contributed by atoms with Gasteiger partial charge in [0.15, 0.2) is 0 Å². The predicted octanol–water partition coefficient (Wildman–Crippen LogP) is 3.41. The fraction of sp³-hybridized carbons (Fsp3) is 0.789. The van der Waals surface area contributed by atoms with Crippen LogP contribution in [0.1, 0.15) is 70.6 Å². The van der Waals surface area contributed by atoms with Crippen molar-refractivity contribution in [3.8, 4) is 6.07 Å². The summed E-state index contributed by atoms with van der Waals surface area (Å²) in [5.74, 6) is -0.184. The molecule has 1 rings (SSSR count). The van der Waals surface area contributed by atoms with Crippen LogP contribution in [0.25, 0.3) is 0 Å². The number of aliphatic hydroxyl groups is 2. The lowest BCUT2D eigenvalue weighted by atomic mass is 9.88. The fourth-order valence-corrected chi connectivity index (χ4v) is 3.49. The highest BCUT2D eigenvalue weighted by Gasteiger charge is 2.32. The van der Waals surface area contributed by atoms with Gasteiger partial charge >= 0.3 is 5.97 Å². The van der Waals surface area contributed by atoms with Crippen LogP contribution in [0.2, 0.25) is 0 Å².